The number of imide groups is 1. The lowest BCUT2D eigenvalue weighted by atomic mass is 10.1. The molecule has 3 N–H and O–H groups in total. The zero-order valence-corrected chi connectivity index (χ0v) is 14.3. The van der Waals surface area contributed by atoms with Gasteiger partial charge in [0.15, 0.2) is 5.65 Å². The largest absolute Gasteiger partial charge is 0.370 e. The van der Waals surface area contributed by atoms with Crippen LogP contribution in [0.3, 0.4) is 0 Å². The van der Waals surface area contributed by atoms with Crippen molar-refractivity contribution in [2.75, 3.05) is 17.2 Å². The predicted octanol–water partition coefficient (Wildman–Crippen LogP) is 1.56. The van der Waals surface area contributed by atoms with Gasteiger partial charge in [-0.3, -0.25) is 14.9 Å². The monoisotopic (exact) mass is 352 g/mol. The molecule has 0 bridgehead atoms. The lowest BCUT2D eigenvalue weighted by molar-refractivity contribution is -0.124. The van der Waals surface area contributed by atoms with Gasteiger partial charge in [0.25, 0.3) is 5.91 Å². The van der Waals surface area contributed by atoms with E-state index in [0.717, 1.165) is 42.5 Å². The molecule has 3 aliphatic rings. The van der Waals surface area contributed by atoms with Crippen LogP contribution >= 0.6 is 0 Å². The second-order valence-electron chi connectivity index (χ2n) is 7.33. The van der Waals surface area contributed by atoms with Crippen molar-refractivity contribution in [3.8, 4) is 0 Å². The van der Waals surface area contributed by atoms with Gasteiger partial charge in [-0.25, -0.2) is 4.98 Å². The maximum atomic E-state index is 11.8. The first-order valence-corrected chi connectivity index (χ1v) is 9.09. The van der Waals surface area contributed by atoms with Crippen molar-refractivity contribution < 1.29 is 9.59 Å². The van der Waals surface area contributed by atoms with Gasteiger partial charge in [0, 0.05) is 29.8 Å². The first-order chi connectivity index (χ1) is 12.7. The molecule has 2 aromatic rings. The summed E-state index contributed by atoms with van der Waals surface area (Å²) in [6, 6.07) is 2.48. The van der Waals surface area contributed by atoms with Crippen LogP contribution in [0.4, 0.5) is 11.6 Å². The van der Waals surface area contributed by atoms with Crippen LogP contribution in [0.25, 0.3) is 11.7 Å². The summed E-state index contributed by atoms with van der Waals surface area (Å²) in [6.45, 7) is 0.924. The van der Waals surface area contributed by atoms with Crippen molar-refractivity contribution in [2.45, 2.75) is 38.1 Å². The minimum Gasteiger partial charge on any atom is -0.370 e. The van der Waals surface area contributed by atoms with Gasteiger partial charge in [0.05, 0.1) is 12.6 Å². The van der Waals surface area contributed by atoms with Gasteiger partial charge < -0.3 is 10.6 Å². The maximum absolute atomic E-state index is 11.8. The molecule has 8 nitrogen and oxygen atoms in total. The lowest BCUT2D eigenvalue weighted by Gasteiger charge is -2.11. The Hall–Kier alpha value is -2.90. The first-order valence-electron chi connectivity index (χ1n) is 9.09. The topological polar surface area (TPSA) is 100 Å². The summed E-state index contributed by atoms with van der Waals surface area (Å²) < 4.78 is 1.77. The molecule has 0 unspecified atom stereocenters. The summed E-state index contributed by atoms with van der Waals surface area (Å²) >= 11 is 0. The van der Waals surface area contributed by atoms with Crippen LogP contribution in [0, 0.1) is 5.92 Å². The Morgan fingerprint density at radius 3 is 2.81 bits per heavy atom. The van der Waals surface area contributed by atoms with E-state index in [2.05, 4.69) is 21.0 Å². The van der Waals surface area contributed by atoms with Crippen molar-refractivity contribution in [1.29, 1.82) is 0 Å². The Kier molecular flexibility index (Phi) is 3.44. The molecule has 2 amide bonds. The normalized spacial score (nSPS) is 21.5. The number of hydrogen-bond donors (Lipinski definition) is 3. The predicted molar refractivity (Wildman–Crippen MR) is 96.6 cm³/mol. The van der Waals surface area contributed by atoms with Crippen LogP contribution in [0.15, 0.2) is 17.8 Å². The average molecular weight is 352 g/mol. The van der Waals surface area contributed by atoms with E-state index in [1.165, 1.54) is 12.8 Å². The van der Waals surface area contributed by atoms with Gasteiger partial charge in [-0.15, -0.1) is 0 Å². The summed E-state index contributed by atoms with van der Waals surface area (Å²) in [4.78, 5) is 28.0. The molecular formula is C18H20N6O2. The molecule has 2 aromatic heterocycles. The molecule has 3 fully saturated rings. The Morgan fingerprint density at radius 1 is 1.27 bits per heavy atom. The van der Waals surface area contributed by atoms with E-state index in [-0.39, 0.29) is 18.2 Å². The summed E-state index contributed by atoms with van der Waals surface area (Å²) in [7, 11) is 0. The fourth-order valence-corrected chi connectivity index (χ4v) is 3.09. The highest BCUT2D eigenvalue weighted by molar-refractivity contribution is 6.15. The molecule has 0 atom stereocenters. The number of nitrogens with one attached hydrogen (secondary N) is 3. The van der Waals surface area contributed by atoms with Gasteiger partial charge in [-0.2, -0.15) is 9.61 Å². The van der Waals surface area contributed by atoms with Gasteiger partial charge in [0.1, 0.15) is 11.6 Å². The SMILES string of the molecule is O=C1C/C(=C\c2cnn3c(NC4CC4)cc(NCC4CC4)nc23)C(=O)N1. The molecule has 5 rings (SSSR count). The van der Waals surface area contributed by atoms with Crippen molar-refractivity contribution in [2.24, 2.45) is 5.92 Å². The van der Waals surface area contributed by atoms with E-state index in [1.807, 2.05) is 6.07 Å². The summed E-state index contributed by atoms with van der Waals surface area (Å²) in [6.07, 6.45) is 8.37. The summed E-state index contributed by atoms with van der Waals surface area (Å²) in [5, 5.41) is 13.6. The fraction of sp³-hybridized carbons (Fsp3) is 0.444. The number of rotatable bonds is 6. The van der Waals surface area contributed by atoms with Gasteiger partial charge in [-0.1, -0.05) is 0 Å². The quantitative estimate of drug-likeness (QED) is 0.539. The number of anilines is 2. The van der Waals surface area contributed by atoms with E-state index in [1.54, 1.807) is 16.8 Å². The number of fused-ring (bicyclic) bond motifs is 1. The molecule has 2 aliphatic carbocycles. The second kappa shape index (κ2) is 5.82. The minimum atomic E-state index is -0.339. The second-order valence-corrected chi connectivity index (χ2v) is 7.33. The molecule has 3 heterocycles. The maximum Gasteiger partial charge on any atom is 0.254 e. The number of carbonyl (C=O) groups is 2. The molecule has 1 saturated heterocycles. The van der Waals surface area contributed by atoms with Crippen molar-refractivity contribution in [1.82, 2.24) is 19.9 Å². The highest BCUT2D eigenvalue weighted by atomic mass is 16.2. The van der Waals surface area contributed by atoms with Gasteiger partial charge in [-0.05, 0) is 37.7 Å². The van der Waals surface area contributed by atoms with Crippen molar-refractivity contribution >= 4 is 35.2 Å². The summed E-state index contributed by atoms with van der Waals surface area (Å²) in [5.74, 6) is 1.84. The lowest BCUT2D eigenvalue weighted by Crippen LogP contribution is -2.19. The standard InChI is InChI=1S/C18H20N6O2/c25-16-6-11(18(26)23-16)5-12-9-20-24-15(21-13-3-4-13)7-14(22-17(12)24)19-8-10-1-2-10/h5,7,9-10,13,21H,1-4,6,8H2,(H,19,22)(H,23,25,26)/b11-5+. The van der Waals surface area contributed by atoms with E-state index in [0.29, 0.717) is 17.3 Å². The third-order valence-corrected chi connectivity index (χ3v) is 4.92. The third kappa shape index (κ3) is 3.02. The van der Waals surface area contributed by atoms with E-state index in [9.17, 15) is 9.59 Å². The molecule has 134 valence electrons. The third-order valence-electron chi connectivity index (χ3n) is 4.92. The Morgan fingerprint density at radius 2 is 2.12 bits per heavy atom. The first kappa shape index (κ1) is 15.4. The molecule has 8 heteroatoms. The molecule has 0 spiro atoms. The summed E-state index contributed by atoms with van der Waals surface area (Å²) in [5.41, 5.74) is 1.85. The number of hydrogen-bond acceptors (Lipinski definition) is 6. The van der Waals surface area contributed by atoms with Crippen LogP contribution in [0.5, 0.6) is 0 Å². The van der Waals surface area contributed by atoms with Gasteiger partial charge >= 0.3 is 0 Å². The van der Waals surface area contributed by atoms with E-state index >= 15 is 0 Å². The van der Waals surface area contributed by atoms with Crippen LogP contribution in [0.1, 0.15) is 37.7 Å². The smallest absolute Gasteiger partial charge is 0.254 e. The minimum absolute atomic E-state index is 0.100. The van der Waals surface area contributed by atoms with Crippen molar-refractivity contribution in [3.05, 3.63) is 23.4 Å². The highest BCUT2D eigenvalue weighted by Crippen LogP contribution is 2.30. The molecular weight excluding hydrogens is 332 g/mol. The Labute approximate surface area is 150 Å². The van der Waals surface area contributed by atoms with E-state index in [4.69, 9.17) is 4.98 Å². The van der Waals surface area contributed by atoms with E-state index < -0.39 is 0 Å². The van der Waals surface area contributed by atoms with Gasteiger partial charge in [0.2, 0.25) is 5.91 Å². The Bertz CT molecular complexity index is 939. The fourth-order valence-electron chi connectivity index (χ4n) is 3.09. The Balaban J connectivity index is 1.53. The molecule has 0 aromatic carbocycles. The van der Waals surface area contributed by atoms with Crippen LogP contribution in [0.2, 0.25) is 0 Å². The number of aromatic nitrogens is 3. The zero-order chi connectivity index (χ0) is 17.7. The zero-order valence-electron chi connectivity index (χ0n) is 14.3. The highest BCUT2D eigenvalue weighted by Gasteiger charge is 2.26. The van der Waals surface area contributed by atoms with Crippen molar-refractivity contribution in [3.63, 3.8) is 0 Å². The van der Waals surface area contributed by atoms with Crippen LogP contribution in [-0.4, -0.2) is 39.0 Å². The number of carbonyl (C=O) groups excluding carboxylic acids is 2. The molecule has 1 aliphatic heterocycles. The van der Waals surface area contributed by atoms with Crippen LogP contribution < -0.4 is 16.0 Å². The van der Waals surface area contributed by atoms with Crippen LogP contribution in [-0.2, 0) is 9.59 Å². The molecule has 0 radical (unpaired) electrons. The average Bonchev–Trinajstić information content (AvgIpc) is 3.52. The number of amides is 2. The molecule has 26 heavy (non-hydrogen) atoms. The number of nitrogens with zero attached hydrogens (tertiary/aromatic N) is 3. The molecule has 2 saturated carbocycles.